The van der Waals surface area contributed by atoms with Gasteiger partial charge in [-0.05, 0) is 53.1 Å². The van der Waals surface area contributed by atoms with Gasteiger partial charge in [-0.3, -0.25) is 4.57 Å². The molecule has 0 saturated heterocycles. The summed E-state index contributed by atoms with van der Waals surface area (Å²) in [6.45, 7) is 0. The summed E-state index contributed by atoms with van der Waals surface area (Å²) in [6.07, 6.45) is 0. The maximum Gasteiger partial charge on any atom is 0.238 e. The first-order chi connectivity index (χ1) is 31.3. The molecule has 13 rings (SSSR count). The Morgan fingerprint density at radius 1 is 0.333 bits per heavy atom. The van der Waals surface area contributed by atoms with Gasteiger partial charge in [0.15, 0.2) is 11.6 Å². The van der Waals surface area contributed by atoms with E-state index >= 15 is 0 Å². The number of fused-ring (bicyclic) bond motifs is 10. The van der Waals surface area contributed by atoms with Gasteiger partial charge in [-0.25, -0.2) is 4.98 Å². The predicted octanol–water partition coefficient (Wildman–Crippen LogP) is 14.6. The van der Waals surface area contributed by atoms with Gasteiger partial charge in [0, 0.05) is 49.0 Å². The number of hydrogen-bond donors (Lipinski definition) is 0. The van der Waals surface area contributed by atoms with E-state index < -0.39 is 0 Å². The van der Waals surface area contributed by atoms with Crippen molar-refractivity contribution in [3.8, 4) is 56.7 Å². The number of nitrogens with zero attached hydrogens (tertiary/aromatic N) is 5. The Labute approximate surface area is 361 Å². The lowest BCUT2D eigenvalue weighted by atomic mass is 10.0. The Morgan fingerprint density at radius 2 is 0.889 bits per heavy atom. The number of aromatic nitrogens is 5. The molecule has 0 bridgehead atoms. The normalized spacial score (nSPS) is 11.8. The van der Waals surface area contributed by atoms with Crippen molar-refractivity contribution in [3.63, 3.8) is 0 Å². The molecule has 294 valence electrons. The minimum Gasteiger partial charge on any atom is -0.456 e. The van der Waals surface area contributed by atoms with Gasteiger partial charge < -0.3 is 8.98 Å². The predicted molar refractivity (Wildman–Crippen MR) is 258 cm³/mol. The lowest BCUT2D eigenvalue weighted by Gasteiger charge is -2.16. The molecule has 0 radical (unpaired) electrons. The molecule has 0 aliphatic heterocycles. The Morgan fingerprint density at radius 3 is 1.62 bits per heavy atom. The number of benzene rings is 9. The van der Waals surface area contributed by atoms with Crippen LogP contribution in [0.1, 0.15) is 0 Å². The molecule has 6 nitrogen and oxygen atoms in total. The van der Waals surface area contributed by atoms with Crippen molar-refractivity contribution in [2.45, 2.75) is 0 Å². The summed E-state index contributed by atoms with van der Waals surface area (Å²) in [6, 6.07) is 74.3. The molecule has 0 amide bonds. The SMILES string of the molecule is c1ccc(-c2ccc3c(c2)oc2cccc(-c4nc(-c5ccccc5)nc(-n5c6ccccc6c6ccc7c8ccccc8n(-c8ccccc8-c8ccccc8)c7c65)n4)c23)cc1. The lowest BCUT2D eigenvalue weighted by molar-refractivity contribution is 0.669. The first kappa shape index (κ1) is 35.2. The molecular formula is C57H35N5O. The molecule has 6 heteroatoms. The van der Waals surface area contributed by atoms with Crippen LogP contribution in [0.2, 0.25) is 0 Å². The van der Waals surface area contributed by atoms with Crippen LogP contribution in [0.15, 0.2) is 217 Å². The molecule has 0 atom stereocenters. The standard InChI is InChI=1S/C57H35N5O/c1-4-17-36(18-5-1)39-31-32-45-51(35-39)63-50-30-16-26-46(52(45)50)56-58-55(38-21-8-3-9-22-38)59-57(60-56)62-49-29-15-12-25-42(49)44-34-33-43-41-24-11-14-28-48(41)61(53(43)54(44)62)47-27-13-10-23-40(47)37-19-6-2-7-20-37/h1-35H. The van der Waals surface area contributed by atoms with Gasteiger partial charge in [-0.2, -0.15) is 9.97 Å². The summed E-state index contributed by atoms with van der Waals surface area (Å²) in [5.41, 5.74) is 13.2. The van der Waals surface area contributed by atoms with Gasteiger partial charge in [0.25, 0.3) is 0 Å². The number of rotatable bonds is 6. The van der Waals surface area contributed by atoms with Gasteiger partial charge in [0.05, 0.1) is 27.8 Å². The highest BCUT2D eigenvalue weighted by Crippen LogP contribution is 2.44. The molecule has 9 aromatic carbocycles. The summed E-state index contributed by atoms with van der Waals surface area (Å²) in [4.78, 5) is 16.1. The highest BCUT2D eigenvalue weighted by molar-refractivity contribution is 6.24. The first-order valence-electron chi connectivity index (χ1n) is 21.2. The average Bonchev–Trinajstić information content (AvgIpc) is 4.02. The van der Waals surface area contributed by atoms with E-state index in [0.29, 0.717) is 17.6 Å². The van der Waals surface area contributed by atoms with Crippen molar-refractivity contribution in [1.82, 2.24) is 24.1 Å². The summed E-state index contributed by atoms with van der Waals surface area (Å²) in [5, 5.41) is 6.51. The van der Waals surface area contributed by atoms with Crippen LogP contribution in [0, 0.1) is 0 Å². The molecular weight excluding hydrogens is 771 g/mol. The molecule has 4 heterocycles. The average molecular weight is 806 g/mol. The molecule has 63 heavy (non-hydrogen) atoms. The molecule has 0 aliphatic carbocycles. The molecule has 0 fully saturated rings. The van der Waals surface area contributed by atoms with Crippen molar-refractivity contribution in [1.29, 1.82) is 0 Å². The molecule has 0 aliphatic rings. The second kappa shape index (κ2) is 14.0. The van der Waals surface area contributed by atoms with Crippen molar-refractivity contribution in [2.75, 3.05) is 0 Å². The summed E-state index contributed by atoms with van der Waals surface area (Å²) in [7, 11) is 0. The van der Waals surface area contributed by atoms with E-state index in [-0.39, 0.29) is 0 Å². The Balaban J connectivity index is 1.13. The molecule has 4 aromatic heterocycles. The van der Waals surface area contributed by atoms with Gasteiger partial charge in [-0.1, -0.05) is 176 Å². The zero-order valence-electron chi connectivity index (χ0n) is 33.9. The molecule has 0 spiro atoms. The second-order valence-electron chi connectivity index (χ2n) is 16.0. The first-order valence-corrected chi connectivity index (χ1v) is 21.2. The molecule has 0 saturated carbocycles. The van der Waals surface area contributed by atoms with Crippen LogP contribution in [0.3, 0.4) is 0 Å². The fourth-order valence-corrected chi connectivity index (χ4v) is 9.61. The van der Waals surface area contributed by atoms with Crippen LogP contribution in [0.25, 0.3) is 122 Å². The highest BCUT2D eigenvalue weighted by Gasteiger charge is 2.25. The van der Waals surface area contributed by atoms with Crippen molar-refractivity contribution in [2.24, 2.45) is 0 Å². The molecule has 13 aromatic rings. The fraction of sp³-hybridized carbons (Fsp3) is 0. The van der Waals surface area contributed by atoms with Crippen LogP contribution < -0.4 is 0 Å². The zero-order chi connectivity index (χ0) is 41.4. The van der Waals surface area contributed by atoms with Crippen molar-refractivity contribution < 1.29 is 4.42 Å². The van der Waals surface area contributed by atoms with Crippen LogP contribution in [0.5, 0.6) is 0 Å². The van der Waals surface area contributed by atoms with Gasteiger partial charge in [0.2, 0.25) is 5.95 Å². The van der Waals surface area contributed by atoms with E-state index in [1.54, 1.807) is 0 Å². The van der Waals surface area contributed by atoms with Crippen molar-refractivity contribution >= 4 is 65.6 Å². The van der Waals surface area contributed by atoms with E-state index in [9.17, 15) is 0 Å². The van der Waals surface area contributed by atoms with Crippen molar-refractivity contribution in [3.05, 3.63) is 212 Å². The fourth-order valence-electron chi connectivity index (χ4n) is 9.61. The minimum atomic E-state index is 0.530. The highest BCUT2D eigenvalue weighted by atomic mass is 16.3. The van der Waals surface area contributed by atoms with E-state index in [4.69, 9.17) is 19.4 Å². The van der Waals surface area contributed by atoms with Gasteiger partial charge >= 0.3 is 0 Å². The summed E-state index contributed by atoms with van der Waals surface area (Å²) in [5.74, 6) is 1.68. The van der Waals surface area contributed by atoms with E-state index in [1.807, 2.05) is 36.4 Å². The quantitative estimate of drug-likeness (QED) is 0.168. The topological polar surface area (TPSA) is 61.7 Å². The minimum absolute atomic E-state index is 0.530. The monoisotopic (exact) mass is 805 g/mol. The van der Waals surface area contributed by atoms with Crippen LogP contribution in [-0.4, -0.2) is 24.1 Å². The zero-order valence-corrected chi connectivity index (χ0v) is 33.9. The Bertz CT molecular complexity index is 3900. The smallest absolute Gasteiger partial charge is 0.238 e. The second-order valence-corrected chi connectivity index (χ2v) is 16.0. The number of hydrogen-bond acceptors (Lipinski definition) is 4. The van der Waals surface area contributed by atoms with E-state index in [2.05, 4.69) is 185 Å². The third-order valence-electron chi connectivity index (χ3n) is 12.4. The number of para-hydroxylation sites is 3. The lowest BCUT2D eigenvalue weighted by Crippen LogP contribution is -2.07. The number of furan rings is 1. The van der Waals surface area contributed by atoms with Gasteiger partial charge in [-0.15, -0.1) is 0 Å². The Kier molecular flexibility index (Phi) is 7.80. The molecule has 0 N–H and O–H groups in total. The van der Waals surface area contributed by atoms with Crippen LogP contribution in [0.4, 0.5) is 0 Å². The van der Waals surface area contributed by atoms with E-state index in [1.165, 1.54) is 5.39 Å². The van der Waals surface area contributed by atoms with Gasteiger partial charge in [0.1, 0.15) is 11.2 Å². The van der Waals surface area contributed by atoms with Crippen LogP contribution in [-0.2, 0) is 0 Å². The maximum atomic E-state index is 6.60. The molecule has 0 unspecified atom stereocenters. The summed E-state index contributed by atoms with van der Waals surface area (Å²) >= 11 is 0. The Hall–Kier alpha value is -8.61. The largest absolute Gasteiger partial charge is 0.456 e. The van der Waals surface area contributed by atoms with Crippen LogP contribution >= 0.6 is 0 Å². The summed E-state index contributed by atoms with van der Waals surface area (Å²) < 4.78 is 11.3. The maximum absolute atomic E-state index is 6.60. The third-order valence-corrected chi connectivity index (χ3v) is 12.4. The van der Waals surface area contributed by atoms with E-state index in [0.717, 1.165) is 99.2 Å². The third kappa shape index (κ3) is 5.48.